The van der Waals surface area contributed by atoms with Gasteiger partial charge in [-0.1, -0.05) is 72.2 Å². The van der Waals surface area contributed by atoms with Gasteiger partial charge in [0, 0.05) is 23.5 Å². The molecule has 0 aliphatic heterocycles. The zero-order chi connectivity index (χ0) is 31.3. The number of nitrogens with zero attached hydrogens (tertiary/aromatic N) is 3. The molecule has 8 nitrogen and oxygen atoms in total. The molecule has 9 heteroatoms. The number of carbonyl (C=O) groups excluding carboxylic acids is 1. The first kappa shape index (κ1) is 31.3. The van der Waals surface area contributed by atoms with E-state index in [2.05, 4.69) is 75.2 Å². The molecule has 0 spiro atoms. The number of aromatic nitrogens is 3. The summed E-state index contributed by atoms with van der Waals surface area (Å²) in [4.78, 5) is 35.2. The van der Waals surface area contributed by atoms with Gasteiger partial charge in [0.2, 0.25) is 11.9 Å². The summed E-state index contributed by atoms with van der Waals surface area (Å²) in [5, 5.41) is 6.63. The van der Waals surface area contributed by atoms with Crippen molar-refractivity contribution >= 4 is 42.3 Å². The van der Waals surface area contributed by atoms with Crippen LogP contribution in [0.2, 0.25) is 16.6 Å². The Bertz CT molecular complexity index is 1760. The number of hydrogen-bond donors (Lipinski definition) is 2. The normalized spacial score (nSPS) is 11.4. The molecule has 0 atom stereocenters. The molecule has 0 bridgehead atoms. The van der Waals surface area contributed by atoms with Gasteiger partial charge in [-0.05, 0) is 53.0 Å². The van der Waals surface area contributed by atoms with Gasteiger partial charge < -0.3 is 15.4 Å². The maximum Gasteiger partial charge on any atom is 0.258 e. The van der Waals surface area contributed by atoms with Gasteiger partial charge in [-0.15, -0.1) is 5.54 Å². The monoisotopic (exact) mass is 593 g/mol. The highest BCUT2D eigenvalue weighted by Crippen LogP contribution is 2.41. The fourth-order valence-corrected chi connectivity index (χ4v) is 11.1. The van der Waals surface area contributed by atoms with Crippen molar-refractivity contribution in [3.63, 3.8) is 0 Å². The average molecular weight is 594 g/mol. The first-order chi connectivity index (χ1) is 20.5. The van der Waals surface area contributed by atoms with E-state index in [0.29, 0.717) is 62.0 Å². The third kappa shape index (κ3) is 6.39. The molecule has 43 heavy (non-hydrogen) atoms. The van der Waals surface area contributed by atoms with E-state index in [-0.39, 0.29) is 11.5 Å². The fourth-order valence-electron chi connectivity index (χ4n) is 5.91. The summed E-state index contributed by atoms with van der Waals surface area (Å²) in [7, 11) is -0.483. The fraction of sp³-hybridized carbons (Fsp3) is 0.294. The molecule has 0 fully saturated rings. The third-order valence-electron chi connectivity index (χ3n) is 7.95. The van der Waals surface area contributed by atoms with Crippen molar-refractivity contribution in [3.8, 4) is 22.9 Å². The maximum atomic E-state index is 13.8. The molecular formula is C34H39N5O3Si. The maximum absolute atomic E-state index is 13.8. The summed E-state index contributed by atoms with van der Waals surface area (Å²) < 4.78 is 6.99. The second kappa shape index (κ2) is 13.1. The van der Waals surface area contributed by atoms with Crippen molar-refractivity contribution in [3.05, 3.63) is 89.4 Å². The molecule has 4 rings (SSSR count). The summed E-state index contributed by atoms with van der Waals surface area (Å²) in [6.45, 7) is 17.1. The number of rotatable bonds is 9. The summed E-state index contributed by atoms with van der Waals surface area (Å²) in [5.74, 6) is 4.01. The lowest BCUT2D eigenvalue weighted by molar-refractivity contribution is -0.111. The van der Waals surface area contributed by atoms with E-state index in [1.807, 2.05) is 24.3 Å². The van der Waals surface area contributed by atoms with Gasteiger partial charge in [-0.25, -0.2) is 4.98 Å². The van der Waals surface area contributed by atoms with Crippen LogP contribution in [-0.4, -0.2) is 35.6 Å². The Labute approximate surface area is 254 Å². The molecule has 2 aromatic carbocycles. The second-order valence-electron chi connectivity index (χ2n) is 11.4. The van der Waals surface area contributed by atoms with Crippen molar-refractivity contribution < 1.29 is 9.53 Å². The highest BCUT2D eigenvalue weighted by atomic mass is 28.3. The minimum atomic E-state index is -2.08. The van der Waals surface area contributed by atoms with Gasteiger partial charge >= 0.3 is 0 Å². The number of ether oxygens (including phenoxy) is 1. The van der Waals surface area contributed by atoms with Gasteiger partial charge in [0.15, 0.2) is 5.65 Å². The first-order valence-corrected chi connectivity index (χ1v) is 16.6. The van der Waals surface area contributed by atoms with Crippen LogP contribution in [0.1, 0.15) is 47.1 Å². The number of fused-ring (bicyclic) bond motifs is 1. The molecule has 0 aliphatic carbocycles. The molecule has 2 N–H and O–H groups in total. The number of para-hydroxylation sites is 2. The predicted octanol–water partition coefficient (Wildman–Crippen LogP) is 7.23. The first-order valence-electron chi connectivity index (χ1n) is 14.4. The molecule has 0 saturated heterocycles. The lowest BCUT2D eigenvalue weighted by atomic mass is 10.1. The third-order valence-corrected chi connectivity index (χ3v) is 14.2. The highest BCUT2D eigenvalue weighted by molar-refractivity contribution is 6.90. The van der Waals surface area contributed by atoms with Gasteiger partial charge in [0.1, 0.15) is 13.8 Å². The van der Waals surface area contributed by atoms with Crippen LogP contribution in [0, 0.1) is 11.5 Å². The van der Waals surface area contributed by atoms with E-state index in [4.69, 9.17) is 9.72 Å². The zero-order valence-electron chi connectivity index (χ0n) is 25.9. The molecule has 1 amide bonds. The molecule has 2 heterocycles. The number of methoxy groups -OCH3 is 1. The number of benzene rings is 2. The summed E-state index contributed by atoms with van der Waals surface area (Å²) in [5.41, 5.74) is 7.48. The van der Waals surface area contributed by atoms with E-state index in [0.717, 1.165) is 0 Å². The number of pyridine rings is 1. The van der Waals surface area contributed by atoms with Crippen molar-refractivity contribution in [2.75, 3.05) is 17.7 Å². The van der Waals surface area contributed by atoms with Gasteiger partial charge in [0.25, 0.3) is 5.56 Å². The number of hydrogen-bond acceptors (Lipinski definition) is 6. The number of carbonyl (C=O) groups is 1. The summed E-state index contributed by atoms with van der Waals surface area (Å²) in [6, 6.07) is 16.0. The quantitative estimate of drug-likeness (QED) is 0.121. The van der Waals surface area contributed by atoms with Crippen LogP contribution in [0.5, 0.6) is 5.75 Å². The Morgan fingerprint density at radius 2 is 1.72 bits per heavy atom. The van der Waals surface area contributed by atoms with Gasteiger partial charge in [0.05, 0.1) is 23.9 Å². The van der Waals surface area contributed by atoms with Crippen molar-refractivity contribution in [1.82, 2.24) is 14.5 Å². The smallest absolute Gasteiger partial charge is 0.258 e. The molecule has 2 aromatic heterocycles. The minimum Gasteiger partial charge on any atom is -0.495 e. The van der Waals surface area contributed by atoms with Crippen molar-refractivity contribution in [1.29, 1.82) is 0 Å². The van der Waals surface area contributed by atoms with Crippen LogP contribution in [0.25, 0.3) is 16.7 Å². The van der Waals surface area contributed by atoms with Crippen LogP contribution in [0.4, 0.5) is 17.3 Å². The largest absolute Gasteiger partial charge is 0.495 e. The van der Waals surface area contributed by atoms with Gasteiger partial charge in [-0.3, -0.25) is 14.2 Å². The van der Waals surface area contributed by atoms with E-state index in [9.17, 15) is 9.59 Å². The Morgan fingerprint density at radius 3 is 2.37 bits per heavy atom. The Hall–Kier alpha value is -4.68. The second-order valence-corrected chi connectivity index (χ2v) is 17.0. The molecule has 0 unspecified atom stereocenters. The molecule has 0 saturated carbocycles. The summed E-state index contributed by atoms with van der Waals surface area (Å²) in [6.07, 6.45) is 2.90. The van der Waals surface area contributed by atoms with Crippen LogP contribution >= 0.6 is 0 Å². The van der Waals surface area contributed by atoms with E-state index < -0.39 is 8.07 Å². The summed E-state index contributed by atoms with van der Waals surface area (Å²) >= 11 is 0. The van der Waals surface area contributed by atoms with Crippen molar-refractivity contribution in [2.45, 2.75) is 58.2 Å². The lowest BCUT2D eigenvalue weighted by Gasteiger charge is -2.38. The van der Waals surface area contributed by atoms with Crippen molar-refractivity contribution in [2.24, 2.45) is 0 Å². The van der Waals surface area contributed by atoms with Crippen LogP contribution < -0.4 is 20.9 Å². The topological polar surface area (TPSA) is 98.1 Å². The molecule has 0 radical (unpaired) electrons. The van der Waals surface area contributed by atoms with E-state index in [1.54, 1.807) is 43.6 Å². The molecular weight excluding hydrogens is 554 g/mol. The molecule has 4 aromatic rings. The van der Waals surface area contributed by atoms with E-state index in [1.165, 1.54) is 10.6 Å². The van der Waals surface area contributed by atoms with Crippen LogP contribution in [0.15, 0.2) is 78.2 Å². The highest BCUT2D eigenvalue weighted by Gasteiger charge is 2.41. The minimum absolute atomic E-state index is 0.293. The Balaban J connectivity index is 1.97. The molecule has 0 aliphatic rings. The Kier molecular flexibility index (Phi) is 9.52. The lowest BCUT2D eigenvalue weighted by Crippen LogP contribution is -2.43. The van der Waals surface area contributed by atoms with Crippen LogP contribution in [0.3, 0.4) is 0 Å². The number of amides is 1. The standard InChI is InChI=1S/C34H39N5O3Si/c1-9-31(40)36-26-13-12-14-27(20-26)39-32(41)19-25(17-18-43(22(2)3,23(4)5)24(6)7)28-21-35-34(38-33(28)39)37-29-15-10-11-16-30(29)42-8/h9-16,19-24H,1H2,2-8H3,(H,36,40)(H,35,37,38). The average Bonchev–Trinajstić information content (AvgIpc) is 2.97. The van der Waals surface area contributed by atoms with Crippen LogP contribution in [-0.2, 0) is 4.79 Å². The zero-order valence-corrected chi connectivity index (χ0v) is 26.9. The SMILES string of the molecule is C=CC(=O)Nc1cccc(-n2c(=O)cc(C#C[Si](C(C)C)(C(C)C)C(C)C)c3cnc(Nc4ccccc4OC)nc32)c1. The van der Waals surface area contributed by atoms with E-state index >= 15 is 0 Å². The molecule has 222 valence electrons. The number of anilines is 3. The Morgan fingerprint density at radius 1 is 1.02 bits per heavy atom. The predicted molar refractivity (Wildman–Crippen MR) is 178 cm³/mol. The number of nitrogens with one attached hydrogen (secondary N) is 2. The van der Waals surface area contributed by atoms with Gasteiger partial charge in [-0.2, -0.15) is 4.98 Å².